The molecule has 1 N–H and O–H groups in total. The number of aromatic hydroxyl groups is 1. The summed E-state index contributed by atoms with van der Waals surface area (Å²) in [7, 11) is 0. The standard InChI is InChI=1S/C11H11NOS/c1-2-9-4-6-11(14-9)10-5-3-8(13)7-12-10/h3-7,13H,2H2,1H3. The number of nitrogens with zero attached hydrogens (tertiary/aromatic N) is 1. The summed E-state index contributed by atoms with van der Waals surface area (Å²) in [6, 6.07) is 7.69. The molecule has 0 aromatic carbocycles. The SMILES string of the molecule is CCc1ccc(-c2ccc(O)cn2)s1. The average molecular weight is 205 g/mol. The second-order valence-electron chi connectivity index (χ2n) is 3.02. The highest BCUT2D eigenvalue weighted by atomic mass is 32.1. The Hall–Kier alpha value is -1.35. The first-order valence-electron chi connectivity index (χ1n) is 4.53. The molecule has 0 atom stereocenters. The van der Waals surface area contributed by atoms with E-state index in [0.717, 1.165) is 17.0 Å². The second-order valence-corrected chi connectivity index (χ2v) is 4.19. The molecule has 0 fully saturated rings. The van der Waals surface area contributed by atoms with Crippen molar-refractivity contribution < 1.29 is 5.11 Å². The van der Waals surface area contributed by atoms with Crippen LogP contribution in [0.4, 0.5) is 0 Å². The van der Waals surface area contributed by atoms with Crippen molar-refractivity contribution in [2.45, 2.75) is 13.3 Å². The van der Waals surface area contributed by atoms with Gasteiger partial charge in [-0.2, -0.15) is 0 Å². The smallest absolute Gasteiger partial charge is 0.133 e. The van der Waals surface area contributed by atoms with E-state index in [1.807, 2.05) is 6.07 Å². The maximum atomic E-state index is 9.10. The predicted molar refractivity (Wildman–Crippen MR) is 58.6 cm³/mol. The van der Waals surface area contributed by atoms with Gasteiger partial charge < -0.3 is 5.11 Å². The molecule has 3 heteroatoms. The Labute approximate surface area is 86.9 Å². The van der Waals surface area contributed by atoms with Crippen molar-refractivity contribution in [2.24, 2.45) is 0 Å². The molecule has 2 heterocycles. The van der Waals surface area contributed by atoms with E-state index in [4.69, 9.17) is 5.11 Å². The third-order valence-electron chi connectivity index (χ3n) is 2.01. The lowest BCUT2D eigenvalue weighted by Crippen LogP contribution is -1.77. The largest absolute Gasteiger partial charge is 0.506 e. The summed E-state index contributed by atoms with van der Waals surface area (Å²) in [5.74, 6) is 0.209. The van der Waals surface area contributed by atoms with Crippen LogP contribution in [0.25, 0.3) is 10.6 Å². The van der Waals surface area contributed by atoms with Gasteiger partial charge in [-0.15, -0.1) is 11.3 Å². The van der Waals surface area contributed by atoms with E-state index in [2.05, 4.69) is 24.0 Å². The fourth-order valence-electron chi connectivity index (χ4n) is 1.24. The van der Waals surface area contributed by atoms with Gasteiger partial charge in [-0.1, -0.05) is 6.92 Å². The van der Waals surface area contributed by atoms with Gasteiger partial charge in [-0.05, 0) is 30.7 Å². The lowest BCUT2D eigenvalue weighted by molar-refractivity contribution is 0.473. The molecule has 0 aliphatic rings. The monoisotopic (exact) mass is 205 g/mol. The summed E-state index contributed by atoms with van der Waals surface area (Å²) in [4.78, 5) is 6.67. The zero-order valence-electron chi connectivity index (χ0n) is 7.90. The Morgan fingerprint density at radius 1 is 1.29 bits per heavy atom. The van der Waals surface area contributed by atoms with E-state index in [1.54, 1.807) is 17.4 Å². The minimum absolute atomic E-state index is 0.209. The molecule has 0 aliphatic heterocycles. The maximum absolute atomic E-state index is 9.10. The number of hydrogen-bond donors (Lipinski definition) is 1. The molecule has 0 saturated heterocycles. The molecular formula is C11H11NOS. The van der Waals surface area contributed by atoms with Crippen LogP contribution < -0.4 is 0 Å². The molecule has 0 saturated carbocycles. The molecule has 0 radical (unpaired) electrons. The van der Waals surface area contributed by atoms with Crippen LogP contribution in [0.3, 0.4) is 0 Å². The van der Waals surface area contributed by atoms with E-state index in [9.17, 15) is 0 Å². The Balaban J connectivity index is 2.34. The van der Waals surface area contributed by atoms with E-state index < -0.39 is 0 Å². The summed E-state index contributed by atoms with van der Waals surface area (Å²) in [5, 5.41) is 9.10. The minimum Gasteiger partial charge on any atom is -0.506 e. The molecular weight excluding hydrogens is 194 g/mol. The molecule has 72 valence electrons. The summed E-state index contributed by atoms with van der Waals surface area (Å²) in [6.45, 7) is 2.14. The lowest BCUT2D eigenvalue weighted by Gasteiger charge is -1.95. The molecule has 0 spiro atoms. The van der Waals surface area contributed by atoms with Gasteiger partial charge in [0.1, 0.15) is 5.75 Å². The summed E-state index contributed by atoms with van der Waals surface area (Å²) in [6.07, 6.45) is 2.53. The van der Waals surface area contributed by atoms with E-state index >= 15 is 0 Å². The zero-order valence-corrected chi connectivity index (χ0v) is 8.71. The Bertz CT molecular complexity index is 419. The third-order valence-corrected chi connectivity index (χ3v) is 3.26. The molecule has 0 unspecified atom stereocenters. The Kier molecular flexibility index (Phi) is 2.50. The van der Waals surface area contributed by atoms with Gasteiger partial charge in [0.05, 0.1) is 16.8 Å². The molecule has 0 bridgehead atoms. The molecule has 2 nitrogen and oxygen atoms in total. The van der Waals surface area contributed by atoms with Crippen molar-refractivity contribution in [2.75, 3.05) is 0 Å². The number of aryl methyl sites for hydroxylation is 1. The Morgan fingerprint density at radius 3 is 2.71 bits per heavy atom. The normalized spacial score (nSPS) is 10.4. The summed E-state index contributed by atoms with van der Waals surface area (Å²) < 4.78 is 0. The summed E-state index contributed by atoms with van der Waals surface area (Å²) >= 11 is 1.75. The van der Waals surface area contributed by atoms with Crippen LogP contribution in [0.5, 0.6) is 5.75 Å². The summed E-state index contributed by atoms with van der Waals surface area (Å²) in [5.41, 5.74) is 0.924. The fraction of sp³-hybridized carbons (Fsp3) is 0.182. The van der Waals surface area contributed by atoms with E-state index in [1.165, 1.54) is 11.1 Å². The first kappa shape index (κ1) is 9.21. The highest BCUT2D eigenvalue weighted by molar-refractivity contribution is 7.15. The van der Waals surface area contributed by atoms with Crippen LogP contribution >= 0.6 is 11.3 Å². The van der Waals surface area contributed by atoms with Crippen LogP contribution in [0.2, 0.25) is 0 Å². The topological polar surface area (TPSA) is 33.1 Å². The second kappa shape index (κ2) is 3.80. The van der Waals surface area contributed by atoms with Crippen LogP contribution in [-0.4, -0.2) is 10.1 Å². The van der Waals surface area contributed by atoms with Gasteiger partial charge in [-0.25, -0.2) is 0 Å². The zero-order chi connectivity index (χ0) is 9.97. The fourth-order valence-corrected chi connectivity index (χ4v) is 2.16. The van der Waals surface area contributed by atoms with Crippen molar-refractivity contribution in [3.63, 3.8) is 0 Å². The molecule has 2 aromatic heterocycles. The van der Waals surface area contributed by atoms with Crippen LogP contribution in [-0.2, 0) is 6.42 Å². The predicted octanol–water partition coefficient (Wildman–Crippen LogP) is 3.08. The van der Waals surface area contributed by atoms with E-state index in [-0.39, 0.29) is 5.75 Å². The van der Waals surface area contributed by atoms with Crippen molar-refractivity contribution >= 4 is 11.3 Å². The highest BCUT2D eigenvalue weighted by Crippen LogP contribution is 2.27. The van der Waals surface area contributed by atoms with Crippen molar-refractivity contribution in [1.29, 1.82) is 0 Å². The molecule has 0 aliphatic carbocycles. The van der Waals surface area contributed by atoms with Crippen LogP contribution in [0.1, 0.15) is 11.8 Å². The number of thiophene rings is 1. The third kappa shape index (κ3) is 1.77. The van der Waals surface area contributed by atoms with Crippen LogP contribution in [0, 0.1) is 0 Å². The molecule has 0 amide bonds. The van der Waals surface area contributed by atoms with Gasteiger partial charge in [0.25, 0.3) is 0 Å². The molecule has 14 heavy (non-hydrogen) atoms. The van der Waals surface area contributed by atoms with Gasteiger partial charge >= 0.3 is 0 Å². The first-order valence-corrected chi connectivity index (χ1v) is 5.35. The quantitative estimate of drug-likeness (QED) is 0.817. The number of aromatic nitrogens is 1. The van der Waals surface area contributed by atoms with Gasteiger partial charge in [0.2, 0.25) is 0 Å². The minimum atomic E-state index is 0.209. The number of hydrogen-bond acceptors (Lipinski definition) is 3. The number of rotatable bonds is 2. The van der Waals surface area contributed by atoms with Crippen molar-refractivity contribution in [3.05, 3.63) is 35.3 Å². The number of pyridine rings is 1. The average Bonchev–Trinajstić information content (AvgIpc) is 2.67. The van der Waals surface area contributed by atoms with Crippen molar-refractivity contribution in [1.82, 2.24) is 4.98 Å². The highest BCUT2D eigenvalue weighted by Gasteiger charge is 2.02. The maximum Gasteiger partial charge on any atom is 0.133 e. The first-order chi connectivity index (χ1) is 6.79. The van der Waals surface area contributed by atoms with E-state index in [0.29, 0.717) is 0 Å². The van der Waals surface area contributed by atoms with Gasteiger partial charge in [0.15, 0.2) is 0 Å². The van der Waals surface area contributed by atoms with Gasteiger partial charge in [0, 0.05) is 4.88 Å². The lowest BCUT2D eigenvalue weighted by atomic mass is 10.3. The van der Waals surface area contributed by atoms with Crippen molar-refractivity contribution in [3.8, 4) is 16.3 Å². The Morgan fingerprint density at radius 2 is 2.14 bits per heavy atom. The van der Waals surface area contributed by atoms with Gasteiger partial charge in [-0.3, -0.25) is 4.98 Å². The van der Waals surface area contributed by atoms with Crippen LogP contribution in [0.15, 0.2) is 30.5 Å². The molecule has 2 aromatic rings. The molecule has 2 rings (SSSR count).